The van der Waals surface area contributed by atoms with Crippen LogP contribution in [-0.2, 0) is 12.0 Å². The van der Waals surface area contributed by atoms with E-state index in [2.05, 4.69) is 15.6 Å². The van der Waals surface area contributed by atoms with Crippen LogP contribution in [-0.4, -0.2) is 22.7 Å². The Kier molecular flexibility index (Phi) is 4.74. The van der Waals surface area contributed by atoms with Crippen molar-refractivity contribution in [2.24, 2.45) is 0 Å². The van der Waals surface area contributed by atoms with Gasteiger partial charge in [-0.15, -0.1) is 22.7 Å². The van der Waals surface area contributed by atoms with Gasteiger partial charge in [0.2, 0.25) is 0 Å². The molecule has 5 nitrogen and oxygen atoms in total. The highest BCUT2D eigenvalue weighted by molar-refractivity contribution is 7.15. The monoisotopic (exact) mass is 311 g/mol. The average Bonchev–Trinajstić information content (AvgIpc) is 3.07. The van der Waals surface area contributed by atoms with Crippen molar-refractivity contribution in [1.29, 1.82) is 0 Å². The molecule has 0 saturated heterocycles. The van der Waals surface area contributed by atoms with Crippen LogP contribution in [0.2, 0.25) is 0 Å². The predicted octanol–water partition coefficient (Wildman–Crippen LogP) is 2.80. The number of aromatic nitrogens is 1. The third kappa shape index (κ3) is 3.78. The highest BCUT2D eigenvalue weighted by atomic mass is 32.1. The number of hydrogen-bond acceptors (Lipinski definition) is 5. The molecule has 2 rings (SSSR count). The third-order valence-corrected chi connectivity index (χ3v) is 4.95. The van der Waals surface area contributed by atoms with Crippen LogP contribution < -0.4 is 10.6 Å². The molecule has 0 bridgehead atoms. The smallest absolute Gasteiger partial charge is 0.321 e. The predicted molar refractivity (Wildman–Crippen MR) is 82.4 cm³/mol. The number of aliphatic hydroxyl groups is 1. The van der Waals surface area contributed by atoms with Crippen molar-refractivity contribution < 1.29 is 9.90 Å². The quantitative estimate of drug-likeness (QED) is 0.795. The number of aryl methyl sites for hydroxylation is 1. The molecular formula is C13H17N3O2S2. The molecule has 1 atom stereocenters. The van der Waals surface area contributed by atoms with Gasteiger partial charge in [0.15, 0.2) is 5.13 Å². The number of amides is 2. The number of nitrogens with one attached hydrogen (secondary N) is 2. The van der Waals surface area contributed by atoms with E-state index in [4.69, 9.17) is 0 Å². The van der Waals surface area contributed by atoms with Crippen molar-refractivity contribution in [3.05, 3.63) is 33.5 Å². The minimum absolute atomic E-state index is 0.144. The van der Waals surface area contributed by atoms with Gasteiger partial charge in [-0.25, -0.2) is 9.78 Å². The fourth-order valence-electron chi connectivity index (χ4n) is 1.59. The average molecular weight is 311 g/mol. The summed E-state index contributed by atoms with van der Waals surface area (Å²) in [6, 6.07) is 3.36. The number of anilines is 1. The number of carbonyl (C=O) groups is 1. The van der Waals surface area contributed by atoms with E-state index in [9.17, 15) is 9.90 Å². The van der Waals surface area contributed by atoms with Crippen LogP contribution in [0.1, 0.15) is 23.6 Å². The largest absolute Gasteiger partial charge is 0.383 e. The molecule has 0 aliphatic rings. The summed E-state index contributed by atoms with van der Waals surface area (Å²) in [7, 11) is 0. The van der Waals surface area contributed by atoms with Crippen LogP contribution in [0.5, 0.6) is 0 Å². The summed E-state index contributed by atoms with van der Waals surface area (Å²) < 4.78 is 0. The summed E-state index contributed by atoms with van der Waals surface area (Å²) in [6.07, 6.45) is 2.65. The number of nitrogens with zero attached hydrogens (tertiary/aromatic N) is 1. The minimum Gasteiger partial charge on any atom is -0.383 e. The molecule has 0 saturated carbocycles. The summed E-state index contributed by atoms with van der Waals surface area (Å²) in [4.78, 5) is 17.8. The second-order valence-corrected chi connectivity index (χ2v) is 6.61. The Morgan fingerprint density at radius 2 is 2.35 bits per heavy atom. The molecular weight excluding hydrogens is 294 g/mol. The van der Waals surface area contributed by atoms with Gasteiger partial charge in [0.25, 0.3) is 0 Å². The molecule has 0 aromatic carbocycles. The van der Waals surface area contributed by atoms with Gasteiger partial charge < -0.3 is 10.4 Å². The Bertz CT molecular complexity index is 564. The maximum absolute atomic E-state index is 11.8. The van der Waals surface area contributed by atoms with Gasteiger partial charge in [-0.05, 0) is 24.8 Å². The van der Waals surface area contributed by atoms with Gasteiger partial charge in [-0.3, -0.25) is 5.32 Å². The van der Waals surface area contributed by atoms with E-state index < -0.39 is 5.60 Å². The van der Waals surface area contributed by atoms with Crippen LogP contribution in [0.25, 0.3) is 0 Å². The minimum atomic E-state index is -1.07. The molecule has 20 heavy (non-hydrogen) atoms. The Balaban J connectivity index is 1.86. The van der Waals surface area contributed by atoms with Crippen molar-refractivity contribution in [2.45, 2.75) is 25.9 Å². The Morgan fingerprint density at radius 1 is 1.55 bits per heavy atom. The van der Waals surface area contributed by atoms with Crippen molar-refractivity contribution in [3.8, 4) is 0 Å². The van der Waals surface area contributed by atoms with E-state index in [1.165, 1.54) is 22.7 Å². The normalized spacial score (nSPS) is 13.8. The maximum Gasteiger partial charge on any atom is 0.321 e. The van der Waals surface area contributed by atoms with Crippen LogP contribution >= 0.6 is 22.7 Å². The first-order chi connectivity index (χ1) is 9.51. The molecule has 2 heterocycles. The van der Waals surface area contributed by atoms with Crippen LogP contribution in [0.15, 0.2) is 23.7 Å². The number of carbonyl (C=O) groups excluding carboxylic acids is 1. The molecule has 7 heteroatoms. The highest BCUT2D eigenvalue weighted by Gasteiger charge is 2.24. The van der Waals surface area contributed by atoms with Gasteiger partial charge in [-0.1, -0.05) is 13.0 Å². The zero-order chi connectivity index (χ0) is 14.6. The number of rotatable bonds is 5. The van der Waals surface area contributed by atoms with E-state index in [1.807, 2.05) is 24.4 Å². The summed E-state index contributed by atoms with van der Waals surface area (Å²) in [6.45, 7) is 3.86. The molecule has 2 aromatic rings. The first-order valence-corrected chi connectivity index (χ1v) is 7.97. The van der Waals surface area contributed by atoms with E-state index in [1.54, 1.807) is 13.1 Å². The number of thiazole rings is 1. The number of hydrogen-bond donors (Lipinski definition) is 3. The van der Waals surface area contributed by atoms with Gasteiger partial charge in [0.05, 0.1) is 6.54 Å². The van der Waals surface area contributed by atoms with Gasteiger partial charge >= 0.3 is 6.03 Å². The van der Waals surface area contributed by atoms with Crippen LogP contribution in [0.4, 0.5) is 9.93 Å². The maximum atomic E-state index is 11.8. The molecule has 0 aliphatic heterocycles. The summed E-state index contributed by atoms with van der Waals surface area (Å²) >= 11 is 2.91. The van der Waals surface area contributed by atoms with E-state index in [0.29, 0.717) is 5.13 Å². The number of thiophene rings is 1. The van der Waals surface area contributed by atoms with E-state index >= 15 is 0 Å². The van der Waals surface area contributed by atoms with Gasteiger partial charge in [-0.2, -0.15) is 0 Å². The highest BCUT2D eigenvalue weighted by Crippen LogP contribution is 2.24. The molecule has 2 amide bonds. The lowest BCUT2D eigenvalue weighted by molar-refractivity contribution is 0.0637. The number of urea groups is 1. The Labute approximate surface area is 125 Å². The van der Waals surface area contributed by atoms with Gasteiger partial charge in [0, 0.05) is 16.0 Å². The topological polar surface area (TPSA) is 74.2 Å². The van der Waals surface area contributed by atoms with Crippen LogP contribution in [0.3, 0.4) is 0 Å². The molecule has 3 N–H and O–H groups in total. The fourth-order valence-corrected chi connectivity index (χ4v) is 3.13. The summed E-state index contributed by atoms with van der Waals surface area (Å²) in [5.41, 5.74) is -1.07. The molecule has 108 valence electrons. The zero-order valence-corrected chi connectivity index (χ0v) is 13.0. The van der Waals surface area contributed by atoms with Gasteiger partial charge in [0.1, 0.15) is 5.60 Å². The zero-order valence-electron chi connectivity index (χ0n) is 11.3. The third-order valence-electron chi connectivity index (χ3n) is 2.77. The molecule has 0 spiro atoms. The summed E-state index contributed by atoms with van der Waals surface area (Å²) in [5, 5.41) is 18.1. The van der Waals surface area contributed by atoms with Crippen molar-refractivity contribution >= 4 is 33.8 Å². The molecule has 0 aliphatic carbocycles. The van der Waals surface area contributed by atoms with E-state index in [-0.39, 0.29) is 12.6 Å². The summed E-state index contributed by atoms with van der Waals surface area (Å²) in [5.74, 6) is 0. The Morgan fingerprint density at radius 3 is 2.95 bits per heavy atom. The molecule has 2 aromatic heterocycles. The second-order valence-electron chi connectivity index (χ2n) is 4.54. The lowest BCUT2D eigenvalue weighted by Crippen LogP contribution is -2.40. The second kappa shape index (κ2) is 6.34. The lowest BCUT2D eigenvalue weighted by atomic mass is 10.1. The first kappa shape index (κ1) is 15.0. The standard InChI is InChI=1S/C13H17N3O2S2/c1-3-9-7-14-12(20-9)16-11(17)15-8-13(2,18)10-5-4-6-19-10/h4-7,18H,3,8H2,1-2H3,(H2,14,15,16,17). The Hall–Kier alpha value is -1.44. The molecule has 1 unspecified atom stereocenters. The van der Waals surface area contributed by atoms with E-state index in [0.717, 1.165) is 16.2 Å². The van der Waals surface area contributed by atoms with Crippen molar-refractivity contribution in [3.63, 3.8) is 0 Å². The van der Waals surface area contributed by atoms with Crippen molar-refractivity contribution in [2.75, 3.05) is 11.9 Å². The fraction of sp³-hybridized carbons (Fsp3) is 0.385. The lowest BCUT2D eigenvalue weighted by Gasteiger charge is -2.22. The SMILES string of the molecule is CCc1cnc(NC(=O)NCC(C)(O)c2cccs2)s1. The molecule has 0 radical (unpaired) electrons. The first-order valence-electron chi connectivity index (χ1n) is 6.27. The van der Waals surface area contributed by atoms with Crippen LogP contribution in [0, 0.1) is 0 Å². The van der Waals surface area contributed by atoms with Crippen molar-refractivity contribution in [1.82, 2.24) is 10.3 Å². The molecule has 0 fully saturated rings.